The van der Waals surface area contributed by atoms with Crippen LogP contribution in [0.5, 0.6) is 0 Å². The molecule has 1 saturated heterocycles. The lowest BCUT2D eigenvalue weighted by Gasteiger charge is -2.23. The highest BCUT2D eigenvalue weighted by Gasteiger charge is 2.23. The SMILES string of the molecule is CN(C(=O)CCn1c(=O)n(C)c2ccccc21)C1CCNC1. The van der Waals surface area contributed by atoms with Gasteiger partial charge < -0.3 is 10.2 Å². The predicted molar refractivity (Wildman–Crippen MR) is 85.8 cm³/mol. The Labute approximate surface area is 129 Å². The average molecular weight is 302 g/mol. The predicted octanol–water partition coefficient (Wildman–Crippen LogP) is 0.550. The van der Waals surface area contributed by atoms with E-state index in [0.717, 1.165) is 30.5 Å². The van der Waals surface area contributed by atoms with Crippen molar-refractivity contribution in [2.45, 2.75) is 25.4 Å². The van der Waals surface area contributed by atoms with Crippen LogP contribution in [0.1, 0.15) is 12.8 Å². The van der Waals surface area contributed by atoms with Gasteiger partial charge in [0.1, 0.15) is 0 Å². The minimum absolute atomic E-state index is 0.0702. The number of aryl methyl sites for hydroxylation is 2. The van der Waals surface area contributed by atoms with E-state index in [4.69, 9.17) is 0 Å². The highest BCUT2D eigenvalue weighted by molar-refractivity contribution is 5.78. The summed E-state index contributed by atoms with van der Waals surface area (Å²) in [6, 6.07) is 7.95. The molecular formula is C16H22N4O2. The maximum absolute atomic E-state index is 12.3. The number of hydrogen-bond donors (Lipinski definition) is 1. The Balaban J connectivity index is 1.75. The number of nitrogens with one attached hydrogen (secondary N) is 1. The highest BCUT2D eigenvalue weighted by atomic mass is 16.2. The molecule has 118 valence electrons. The van der Waals surface area contributed by atoms with Gasteiger partial charge in [-0.05, 0) is 25.1 Å². The molecule has 1 aromatic carbocycles. The van der Waals surface area contributed by atoms with Crippen LogP contribution < -0.4 is 11.0 Å². The third kappa shape index (κ3) is 2.54. The summed E-state index contributed by atoms with van der Waals surface area (Å²) in [4.78, 5) is 26.5. The molecule has 0 saturated carbocycles. The summed E-state index contributed by atoms with van der Waals surface area (Å²) in [6.07, 6.45) is 1.34. The molecule has 1 aliphatic heterocycles. The fraction of sp³-hybridized carbons (Fsp3) is 0.500. The van der Waals surface area contributed by atoms with Gasteiger partial charge in [0.2, 0.25) is 5.91 Å². The molecule has 6 heteroatoms. The lowest BCUT2D eigenvalue weighted by atomic mass is 10.2. The molecule has 1 aromatic heterocycles. The van der Waals surface area contributed by atoms with Gasteiger partial charge in [0.25, 0.3) is 0 Å². The van der Waals surface area contributed by atoms with E-state index in [9.17, 15) is 9.59 Å². The molecule has 2 aromatic rings. The fourth-order valence-corrected chi connectivity index (χ4v) is 3.14. The van der Waals surface area contributed by atoms with Gasteiger partial charge in [-0.25, -0.2) is 4.79 Å². The zero-order valence-corrected chi connectivity index (χ0v) is 13.1. The molecule has 3 rings (SSSR count). The van der Waals surface area contributed by atoms with Crippen LogP contribution in [0, 0.1) is 0 Å². The van der Waals surface area contributed by atoms with Crippen molar-refractivity contribution in [3.63, 3.8) is 0 Å². The Bertz CT molecular complexity index is 740. The maximum Gasteiger partial charge on any atom is 0.328 e. The van der Waals surface area contributed by atoms with E-state index in [1.54, 1.807) is 16.2 Å². The van der Waals surface area contributed by atoms with Crippen LogP contribution in [0.25, 0.3) is 11.0 Å². The van der Waals surface area contributed by atoms with Gasteiger partial charge in [0.05, 0.1) is 11.0 Å². The molecular weight excluding hydrogens is 280 g/mol. The summed E-state index contributed by atoms with van der Waals surface area (Å²) in [6.45, 7) is 2.24. The van der Waals surface area contributed by atoms with Gasteiger partial charge in [-0.2, -0.15) is 0 Å². The second-order valence-corrected chi connectivity index (χ2v) is 5.88. The maximum atomic E-state index is 12.3. The standard InChI is InChI=1S/C16H22N4O2/c1-18(12-7-9-17-11-12)15(21)8-10-20-14-6-4-3-5-13(14)19(2)16(20)22/h3-6,12,17H,7-11H2,1-2H3. The van der Waals surface area contributed by atoms with E-state index in [1.165, 1.54) is 0 Å². The molecule has 0 spiro atoms. The van der Waals surface area contributed by atoms with Gasteiger partial charge in [-0.1, -0.05) is 12.1 Å². The first-order chi connectivity index (χ1) is 10.6. The van der Waals surface area contributed by atoms with Gasteiger partial charge in [0, 0.05) is 39.6 Å². The second-order valence-electron chi connectivity index (χ2n) is 5.88. The number of para-hydroxylation sites is 2. The lowest BCUT2D eigenvalue weighted by molar-refractivity contribution is -0.131. The summed E-state index contributed by atoms with van der Waals surface area (Å²) < 4.78 is 3.32. The van der Waals surface area contributed by atoms with E-state index < -0.39 is 0 Å². The average Bonchev–Trinajstić information content (AvgIpc) is 3.14. The molecule has 0 aliphatic carbocycles. The molecule has 1 aliphatic rings. The van der Waals surface area contributed by atoms with Crippen molar-refractivity contribution in [1.29, 1.82) is 0 Å². The van der Waals surface area contributed by atoms with Gasteiger partial charge >= 0.3 is 5.69 Å². The normalized spacial score (nSPS) is 18.0. The van der Waals surface area contributed by atoms with Gasteiger partial charge in [-0.15, -0.1) is 0 Å². The number of likely N-dealkylation sites (N-methyl/N-ethyl adjacent to an activating group) is 1. The first-order valence-electron chi connectivity index (χ1n) is 7.70. The Hall–Kier alpha value is -2.08. The Morgan fingerprint density at radius 1 is 1.36 bits per heavy atom. The van der Waals surface area contributed by atoms with Crippen molar-refractivity contribution >= 4 is 16.9 Å². The third-order valence-corrected chi connectivity index (χ3v) is 4.58. The number of carbonyl (C=O) groups is 1. The van der Waals surface area contributed by atoms with Crippen LogP contribution in [0.3, 0.4) is 0 Å². The summed E-state index contributed by atoms with van der Waals surface area (Å²) >= 11 is 0. The second kappa shape index (κ2) is 5.96. The molecule has 1 N–H and O–H groups in total. The molecule has 0 radical (unpaired) electrons. The van der Waals surface area contributed by atoms with Crippen LogP contribution in [0.15, 0.2) is 29.1 Å². The minimum Gasteiger partial charge on any atom is -0.341 e. The topological polar surface area (TPSA) is 59.3 Å². The van der Waals surface area contributed by atoms with Crippen LogP contribution in [0.4, 0.5) is 0 Å². The lowest BCUT2D eigenvalue weighted by Crippen LogP contribution is -2.39. The Kier molecular flexibility index (Phi) is 4.02. The van der Waals surface area contributed by atoms with Gasteiger partial charge in [0.15, 0.2) is 0 Å². The molecule has 1 fully saturated rings. The van der Waals surface area contributed by atoms with Crippen LogP contribution >= 0.6 is 0 Å². The van der Waals surface area contributed by atoms with Crippen LogP contribution in [0.2, 0.25) is 0 Å². The van der Waals surface area contributed by atoms with Crippen molar-refractivity contribution < 1.29 is 4.79 Å². The molecule has 0 bridgehead atoms. The monoisotopic (exact) mass is 302 g/mol. The number of rotatable bonds is 4. The van der Waals surface area contributed by atoms with Crippen molar-refractivity contribution in [2.24, 2.45) is 7.05 Å². The Morgan fingerprint density at radius 3 is 2.77 bits per heavy atom. The first-order valence-corrected chi connectivity index (χ1v) is 7.70. The highest BCUT2D eigenvalue weighted by Crippen LogP contribution is 2.13. The van der Waals surface area contributed by atoms with Crippen LogP contribution in [-0.4, -0.2) is 46.1 Å². The summed E-state index contributed by atoms with van der Waals surface area (Å²) in [5.41, 5.74) is 1.71. The summed E-state index contributed by atoms with van der Waals surface area (Å²) in [5.74, 6) is 0.0912. The van der Waals surface area contributed by atoms with E-state index >= 15 is 0 Å². The van der Waals surface area contributed by atoms with E-state index in [1.807, 2.05) is 36.2 Å². The van der Waals surface area contributed by atoms with Crippen molar-refractivity contribution in [2.75, 3.05) is 20.1 Å². The van der Waals surface area contributed by atoms with E-state index in [2.05, 4.69) is 5.32 Å². The third-order valence-electron chi connectivity index (χ3n) is 4.58. The molecule has 1 amide bonds. The number of nitrogens with zero attached hydrogens (tertiary/aromatic N) is 3. The quantitative estimate of drug-likeness (QED) is 0.897. The van der Waals surface area contributed by atoms with Crippen molar-refractivity contribution in [3.05, 3.63) is 34.7 Å². The Morgan fingerprint density at radius 2 is 2.09 bits per heavy atom. The number of benzene rings is 1. The molecule has 1 atom stereocenters. The summed E-state index contributed by atoms with van der Waals surface area (Å²) in [7, 11) is 3.62. The number of fused-ring (bicyclic) bond motifs is 1. The number of carbonyl (C=O) groups excluding carboxylic acids is 1. The number of aromatic nitrogens is 2. The number of imidazole rings is 1. The number of amides is 1. The van der Waals surface area contributed by atoms with E-state index in [0.29, 0.717) is 13.0 Å². The largest absolute Gasteiger partial charge is 0.341 e. The zero-order valence-electron chi connectivity index (χ0n) is 13.1. The van der Waals surface area contributed by atoms with E-state index in [-0.39, 0.29) is 17.6 Å². The molecule has 2 heterocycles. The number of hydrogen-bond acceptors (Lipinski definition) is 3. The smallest absolute Gasteiger partial charge is 0.328 e. The van der Waals surface area contributed by atoms with Crippen molar-refractivity contribution in [1.82, 2.24) is 19.4 Å². The summed E-state index contributed by atoms with van der Waals surface area (Å²) in [5, 5.41) is 3.27. The van der Waals surface area contributed by atoms with Crippen molar-refractivity contribution in [3.8, 4) is 0 Å². The molecule has 6 nitrogen and oxygen atoms in total. The molecule has 1 unspecified atom stereocenters. The first kappa shape index (κ1) is 14.8. The van der Waals surface area contributed by atoms with Crippen LogP contribution in [-0.2, 0) is 18.4 Å². The minimum atomic E-state index is -0.0702. The molecule has 22 heavy (non-hydrogen) atoms. The zero-order chi connectivity index (χ0) is 15.7. The fourth-order valence-electron chi connectivity index (χ4n) is 3.14. The van der Waals surface area contributed by atoms with Gasteiger partial charge in [-0.3, -0.25) is 13.9 Å².